The molecule has 0 spiro atoms. The van der Waals surface area contributed by atoms with Crippen LogP contribution in [0.15, 0.2) is 23.4 Å². The lowest BCUT2D eigenvalue weighted by molar-refractivity contribution is -0.0280. The zero-order valence-electron chi connectivity index (χ0n) is 18.5. The lowest BCUT2D eigenvalue weighted by atomic mass is 9.99. The maximum atomic E-state index is 6.45. The van der Waals surface area contributed by atoms with Crippen LogP contribution in [0.1, 0.15) is 52.9 Å². The summed E-state index contributed by atoms with van der Waals surface area (Å²) >= 11 is 0. The molecule has 3 aliphatic rings. The standard InChI is InChI=1S/C21H42N8/c1-4-12-29(22)21-26-20(17-5-7-18(8-6-17)23-14-16(2)3)24-15-28(21)13-10-19-9-11-25-27-19/h5,7,16,19-21,23-27H,4,6,8-15,22H2,1-3H3. The lowest BCUT2D eigenvalue weighted by Crippen LogP contribution is -2.70. The summed E-state index contributed by atoms with van der Waals surface area (Å²) in [6, 6.07) is 0.550. The van der Waals surface area contributed by atoms with Crippen molar-refractivity contribution in [3.05, 3.63) is 23.4 Å². The molecule has 2 aliphatic heterocycles. The Bertz CT molecular complexity index is 555. The molecule has 0 amide bonds. The summed E-state index contributed by atoms with van der Waals surface area (Å²) in [5.41, 5.74) is 9.35. The number of rotatable bonds is 10. The van der Waals surface area contributed by atoms with Gasteiger partial charge in [-0.05, 0) is 49.7 Å². The van der Waals surface area contributed by atoms with Crippen LogP contribution in [0.3, 0.4) is 0 Å². The Labute approximate surface area is 176 Å². The first kappa shape index (κ1) is 22.7. The lowest BCUT2D eigenvalue weighted by Gasteiger charge is -2.45. The predicted octanol–water partition coefficient (Wildman–Crippen LogP) is 0.740. The van der Waals surface area contributed by atoms with Crippen molar-refractivity contribution in [2.24, 2.45) is 11.8 Å². The minimum absolute atomic E-state index is 0.0564. The summed E-state index contributed by atoms with van der Waals surface area (Å²) in [6.07, 6.45) is 10.3. The molecule has 0 aromatic heterocycles. The Hall–Kier alpha value is -1.00. The quantitative estimate of drug-likeness (QED) is 0.234. The molecule has 3 rings (SSSR count). The highest BCUT2D eigenvalue weighted by molar-refractivity contribution is 5.26. The molecule has 2 heterocycles. The highest BCUT2D eigenvalue weighted by atomic mass is 15.6. The van der Waals surface area contributed by atoms with Crippen molar-refractivity contribution in [1.29, 1.82) is 0 Å². The van der Waals surface area contributed by atoms with Crippen LogP contribution in [0.5, 0.6) is 0 Å². The van der Waals surface area contributed by atoms with Crippen molar-refractivity contribution < 1.29 is 0 Å². The average Bonchev–Trinajstić information content (AvgIpc) is 3.25. The molecule has 3 atom stereocenters. The van der Waals surface area contributed by atoms with Gasteiger partial charge in [-0.25, -0.2) is 5.01 Å². The van der Waals surface area contributed by atoms with Crippen LogP contribution in [-0.4, -0.2) is 61.3 Å². The second-order valence-electron chi connectivity index (χ2n) is 8.94. The first-order valence-corrected chi connectivity index (χ1v) is 11.4. The molecule has 0 radical (unpaired) electrons. The first-order valence-electron chi connectivity index (χ1n) is 11.4. The second kappa shape index (κ2) is 11.4. The largest absolute Gasteiger partial charge is 0.388 e. The fraction of sp³-hybridized carbons (Fsp3) is 0.810. The molecule has 166 valence electrons. The van der Waals surface area contributed by atoms with E-state index in [1.807, 2.05) is 5.01 Å². The van der Waals surface area contributed by atoms with Gasteiger partial charge >= 0.3 is 0 Å². The van der Waals surface area contributed by atoms with Crippen LogP contribution in [0.2, 0.25) is 0 Å². The van der Waals surface area contributed by atoms with Gasteiger partial charge < -0.3 is 5.32 Å². The van der Waals surface area contributed by atoms with E-state index in [1.165, 1.54) is 17.7 Å². The number of hydrogen-bond donors (Lipinski definition) is 6. The van der Waals surface area contributed by atoms with Crippen LogP contribution in [-0.2, 0) is 0 Å². The van der Waals surface area contributed by atoms with Crippen molar-refractivity contribution >= 4 is 0 Å². The van der Waals surface area contributed by atoms with Crippen LogP contribution in [0.4, 0.5) is 0 Å². The Balaban J connectivity index is 1.57. The molecule has 7 N–H and O–H groups in total. The number of nitrogens with two attached hydrogens (primary N) is 1. The molecule has 8 heteroatoms. The zero-order valence-corrected chi connectivity index (χ0v) is 18.5. The predicted molar refractivity (Wildman–Crippen MR) is 119 cm³/mol. The molecule has 8 nitrogen and oxygen atoms in total. The van der Waals surface area contributed by atoms with Gasteiger partial charge in [0.05, 0.1) is 12.8 Å². The van der Waals surface area contributed by atoms with Crippen LogP contribution < -0.4 is 32.6 Å². The summed E-state index contributed by atoms with van der Waals surface area (Å²) < 4.78 is 0. The van der Waals surface area contributed by atoms with Gasteiger partial charge in [-0.15, -0.1) is 0 Å². The zero-order chi connectivity index (χ0) is 20.6. The van der Waals surface area contributed by atoms with E-state index in [0.717, 1.165) is 58.5 Å². The molecule has 3 unspecified atom stereocenters. The van der Waals surface area contributed by atoms with Gasteiger partial charge in [0, 0.05) is 37.9 Å². The SMILES string of the molecule is CCCN(N)C1NC(C2=CC=C(NCC(C)C)CC2)NCN1CCC1CCNN1. The molecule has 29 heavy (non-hydrogen) atoms. The van der Waals surface area contributed by atoms with Crippen molar-refractivity contribution in [3.8, 4) is 0 Å². The summed E-state index contributed by atoms with van der Waals surface area (Å²) in [6.45, 7) is 11.5. The average molecular weight is 407 g/mol. The number of allylic oxidation sites excluding steroid dienone is 3. The molecule has 0 aromatic carbocycles. The summed E-state index contributed by atoms with van der Waals surface area (Å²) in [7, 11) is 0. The van der Waals surface area contributed by atoms with E-state index in [2.05, 4.69) is 64.6 Å². The normalized spacial score (nSPS) is 28.7. The molecule has 2 saturated heterocycles. The Morgan fingerprint density at radius 2 is 2.17 bits per heavy atom. The Morgan fingerprint density at radius 1 is 1.31 bits per heavy atom. The second-order valence-corrected chi connectivity index (χ2v) is 8.94. The third-order valence-electron chi connectivity index (χ3n) is 5.93. The van der Waals surface area contributed by atoms with Gasteiger partial charge in [0.1, 0.15) is 6.29 Å². The van der Waals surface area contributed by atoms with Crippen molar-refractivity contribution in [2.45, 2.75) is 71.4 Å². The van der Waals surface area contributed by atoms with Gasteiger partial charge in [0.2, 0.25) is 0 Å². The van der Waals surface area contributed by atoms with E-state index in [-0.39, 0.29) is 12.5 Å². The minimum atomic E-state index is 0.0564. The highest BCUT2D eigenvalue weighted by Gasteiger charge is 2.32. The van der Waals surface area contributed by atoms with E-state index in [9.17, 15) is 0 Å². The fourth-order valence-corrected chi connectivity index (χ4v) is 4.18. The fourth-order valence-electron chi connectivity index (χ4n) is 4.18. The first-order chi connectivity index (χ1) is 14.1. The third-order valence-corrected chi connectivity index (χ3v) is 5.93. The topological polar surface area (TPSA) is 92.6 Å². The Kier molecular flexibility index (Phi) is 8.92. The maximum Gasteiger partial charge on any atom is 0.132 e. The van der Waals surface area contributed by atoms with Gasteiger partial charge in [-0.3, -0.25) is 32.2 Å². The number of nitrogens with one attached hydrogen (secondary N) is 5. The third kappa shape index (κ3) is 6.75. The summed E-state index contributed by atoms with van der Waals surface area (Å²) in [5.74, 6) is 7.11. The highest BCUT2D eigenvalue weighted by Crippen LogP contribution is 2.21. The number of hydrogen-bond acceptors (Lipinski definition) is 8. The smallest absolute Gasteiger partial charge is 0.132 e. The van der Waals surface area contributed by atoms with Crippen LogP contribution in [0, 0.1) is 5.92 Å². The molecule has 0 saturated carbocycles. The minimum Gasteiger partial charge on any atom is -0.388 e. The van der Waals surface area contributed by atoms with E-state index < -0.39 is 0 Å². The number of nitrogens with zero attached hydrogens (tertiary/aromatic N) is 2. The monoisotopic (exact) mass is 406 g/mol. The van der Waals surface area contributed by atoms with E-state index in [4.69, 9.17) is 5.84 Å². The van der Waals surface area contributed by atoms with E-state index >= 15 is 0 Å². The molecule has 2 fully saturated rings. The van der Waals surface area contributed by atoms with Gasteiger partial charge in [0.15, 0.2) is 0 Å². The van der Waals surface area contributed by atoms with Gasteiger partial charge in [0.25, 0.3) is 0 Å². The van der Waals surface area contributed by atoms with Crippen molar-refractivity contribution in [1.82, 2.24) is 36.7 Å². The molecular formula is C21H42N8. The summed E-state index contributed by atoms with van der Waals surface area (Å²) in [4.78, 5) is 2.42. The maximum absolute atomic E-state index is 6.45. The molecule has 0 aromatic rings. The van der Waals surface area contributed by atoms with Gasteiger partial charge in [-0.2, -0.15) is 0 Å². The number of hydrazine groups is 2. The van der Waals surface area contributed by atoms with Gasteiger partial charge in [-0.1, -0.05) is 26.8 Å². The molecular weight excluding hydrogens is 364 g/mol. The molecule has 1 aliphatic carbocycles. The summed E-state index contributed by atoms with van der Waals surface area (Å²) in [5, 5.41) is 13.0. The van der Waals surface area contributed by atoms with Crippen LogP contribution in [0.25, 0.3) is 0 Å². The van der Waals surface area contributed by atoms with E-state index in [0.29, 0.717) is 12.0 Å². The van der Waals surface area contributed by atoms with E-state index in [1.54, 1.807) is 0 Å². The van der Waals surface area contributed by atoms with Crippen molar-refractivity contribution in [3.63, 3.8) is 0 Å². The van der Waals surface area contributed by atoms with Crippen molar-refractivity contribution in [2.75, 3.05) is 32.8 Å². The molecule has 0 bridgehead atoms. The Morgan fingerprint density at radius 3 is 2.83 bits per heavy atom. The van der Waals surface area contributed by atoms with Crippen LogP contribution >= 0.6 is 0 Å².